The minimum Gasteiger partial charge on any atom is -0.355 e. The zero-order valence-corrected chi connectivity index (χ0v) is 7.67. The molecule has 4 nitrogen and oxygen atoms in total. The molecule has 0 amide bonds. The first-order chi connectivity index (χ1) is 5.72. The van der Waals surface area contributed by atoms with E-state index in [-0.39, 0.29) is 0 Å². The Hall–Kier alpha value is -1.32. The Balaban J connectivity index is 3.77. The molecule has 0 aromatic heterocycles. The highest BCUT2D eigenvalue weighted by Crippen LogP contribution is 1.82. The number of rotatable bonds is 5. The van der Waals surface area contributed by atoms with Crippen molar-refractivity contribution in [3.8, 4) is 0 Å². The predicted molar refractivity (Wildman–Crippen MR) is 52.7 cm³/mol. The summed E-state index contributed by atoms with van der Waals surface area (Å²) >= 11 is 0. The number of hydrogen-bond acceptors (Lipinski definition) is 3. The Morgan fingerprint density at radius 1 is 1.75 bits per heavy atom. The SMILES string of the molecule is C=CCN(C)C(=N)/C=N\NCC. The van der Waals surface area contributed by atoms with Crippen LogP contribution in [0.4, 0.5) is 0 Å². The summed E-state index contributed by atoms with van der Waals surface area (Å²) in [5.41, 5.74) is 2.75. The molecule has 0 rings (SSSR count). The number of nitrogens with zero attached hydrogens (tertiary/aromatic N) is 2. The summed E-state index contributed by atoms with van der Waals surface area (Å²) in [5.74, 6) is 0.371. The van der Waals surface area contributed by atoms with Crippen LogP contribution in [-0.2, 0) is 0 Å². The molecule has 0 bridgehead atoms. The highest BCUT2D eigenvalue weighted by Gasteiger charge is 1.96. The minimum absolute atomic E-state index is 0.371. The molecule has 0 aliphatic carbocycles. The van der Waals surface area contributed by atoms with E-state index < -0.39 is 0 Å². The summed E-state index contributed by atoms with van der Waals surface area (Å²) in [4.78, 5) is 1.74. The standard InChI is InChI=1S/C8H16N4/c1-4-6-12(3)8(9)7-11-10-5-2/h4,7,9-10H,1,5-6H2,2-3H3/b9-8?,11-7-. The van der Waals surface area contributed by atoms with Gasteiger partial charge in [0.1, 0.15) is 5.84 Å². The highest BCUT2D eigenvalue weighted by atomic mass is 15.3. The largest absolute Gasteiger partial charge is 0.355 e. The van der Waals surface area contributed by atoms with E-state index in [0.717, 1.165) is 6.54 Å². The highest BCUT2D eigenvalue weighted by molar-refractivity contribution is 6.27. The number of nitrogens with one attached hydrogen (secondary N) is 2. The molecule has 0 fully saturated rings. The van der Waals surface area contributed by atoms with E-state index in [2.05, 4.69) is 17.1 Å². The third-order valence-corrected chi connectivity index (χ3v) is 1.25. The molecule has 4 heteroatoms. The van der Waals surface area contributed by atoms with E-state index >= 15 is 0 Å². The van der Waals surface area contributed by atoms with E-state index in [1.54, 1.807) is 11.0 Å². The second-order valence-electron chi connectivity index (χ2n) is 2.32. The average Bonchev–Trinajstić information content (AvgIpc) is 2.05. The molecule has 0 saturated carbocycles. The van der Waals surface area contributed by atoms with Gasteiger partial charge in [0.2, 0.25) is 0 Å². The van der Waals surface area contributed by atoms with Crippen LogP contribution in [0.2, 0.25) is 0 Å². The fourth-order valence-corrected chi connectivity index (χ4v) is 0.589. The quantitative estimate of drug-likeness (QED) is 0.274. The summed E-state index contributed by atoms with van der Waals surface area (Å²) in [7, 11) is 1.82. The van der Waals surface area contributed by atoms with E-state index in [1.807, 2.05) is 14.0 Å². The molecule has 0 unspecified atom stereocenters. The molecule has 12 heavy (non-hydrogen) atoms. The molecular formula is C8H16N4. The van der Waals surface area contributed by atoms with Crippen LogP contribution < -0.4 is 5.43 Å². The van der Waals surface area contributed by atoms with Gasteiger partial charge in [-0.15, -0.1) is 6.58 Å². The van der Waals surface area contributed by atoms with Crippen LogP contribution in [0.15, 0.2) is 17.8 Å². The molecular weight excluding hydrogens is 152 g/mol. The van der Waals surface area contributed by atoms with Gasteiger partial charge < -0.3 is 10.3 Å². The molecule has 0 aliphatic rings. The number of hydrazone groups is 1. The van der Waals surface area contributed by atoms with Crippen molar-refractivity contribution in [3.05, 3.63) is 12.7 Å². The number of likely N-dealkylation sites (N-methyl/N-ethyl adjacent to an activating group) is 1. The van der Waals surface area contributed by atoms with Crippen molar-refractivity contribution in [1.29, 1.82) is 5.41 Å². The molecule has 0 saturated heterocycles. The van der Waals surface area contributed by atoms with Gasteiger partial charge in [-0.05, 0) is 6.92 Å². The van der Waals surface area contributed by atoms with Crippen LogP contribution in [0.5, 0.6) is 0 Å². The van der Waals surface area contributed by atoms with E-state index in [0.29, 0.717) is 12.4 Å². The van der Waals surface area contributed by atoms with Crippen LogP contribution in [-0.4, -0.2) is 37.1 Å². The van der Waals surface area contributed by atoms with Gasteiger partial charge in [0.15, 0.2) is 0 Å². The lowest BCUT2D eigenvalue weighted by molar-refractivity contribution is 0.568. The van der Waals surface area contributed by atoms with Crippen LogP contribution in [0.3, 0.4) is 0 Å². The minimum atomic E-state index is 0.371. The van der Waals surface area contributed by atoms with Crippen molar-refractivity contribution < 1.29 is 0 Å². The van der Waals surface area contributed by atoms with Gasteiger partial charge in [-0.2, -0.15) is 5.10 Å². The molecule has 0 aliphatic heterocycles. The lowest BCUT2D eigenvalue weighted by Crippen LogP contribution is -2.27. The first-order valence-corrected chi connectivity index (χ1v) is 3.88. The van der Waals surface area contributed by atoms with Crippen molar-refractivity contribution in [2.75, 3.05) is 20.1 Å². The Labute approximate surface area is 73.5 Å². The fraction of sp³-hybridized carbons (Fsp3) is 0.500. The number of amidine groups is 1. The van der Waals surface area contributed by atoms with E-state index in [4.69, 9.17) is 5.41 Å². The molecule has 0 radical (unpaired) electrons. The summed E-state index contributed by atoms with van der Waals surface area (Å²) in [6.07, 6.45) is 3.22. The van der Waals surface area contributed by atoms with Crippen LogP contribution in [0.1, 0.15) is 6.92 Å². The lowest BCUT2D eigenvalue weighted by Gasteiger charge is -2.13. The Morgan fingerprint density at radius 2 is 2.42 bits per heavy atom. The monoisotopic (exact) mass is 168 g/mol. The van der Waals surface area contributed by atoms with Gasteiger partial charge in [0.05, 0.1) is 6.21 Å². The lowest BCUT2D eigenvalue weighted by atomic mass is 10.5. The first-order valence-electron chi connectivity index (χ1n) is 3.88. The first kappa shape index (κ1) is 10.7. The van der Waals surface area contributed by atoms with Crippen LogP contribution in [0.25, 0.3) is 0 Å². The van der Waals surface area contributed by atoms with Gasteiger partial charge in [0, 0.05) is 20.1 Å². The van der Waals surface area contributed by atoms with Crippen molar-refractivity contribution in [2.45, 2.75) is 6.92 Å². The predicted octanol–water partition coefficient (Wildman–Crippen LogP) is 0.677. The van der Waals surface area contributed by atoms with Gasteiger partial charge in [0.25, 0.3) is 0 Å². The molecule has 0 atom stereocenters. The van der Waals surface area contributed by atoms with Crippen molar-refractivity contribution >= 4 is 12.1 Å². The maximum Gasteiger partial charge on any atom is 0.141 e. The second-order valence-corrected chi connectivity index (χ2v) is 2.32. The maximum absolute atomic E-state index is 7.47. The Kier molecular flexibility index (Phi) is 5.69. The Bertz CT molecular complexity index is 174. The maximum atomic E-state index is 7.47. The smallest absolute Gasteiger partial charge is 0.141 e. The molecule has 2 N–H and O–H groups in total. The molecule has 0 aromatic carbocycles. The van der Waals surface area contributed by atoms with Crippen LogP contribution >= 0.6 is 0 Å². The second kappa shape index (κ2) is 6.39. The van der Waals surface area contributed by atoms with E-state index in [9.17, 15) is 0 Å². The summed E-state index contributed by atoms with van der Waals surface area (Å²) in [5, 5.41) is 11.3. The third kappa shape index (κ3) is 4.49. The topological polar surface area (TPSA) is 51.5 Å². The van der Waals surface area contributed by atoms with Gasteiger partial charge >= 0.3 is 0 Å². The summed E-state index contributed by atoms with van der Waals surface area (Å²) < 4.78 is 0. The van der Waals surface area contributed by atoms with Crippen molar-refractivity contribution in [3.63, 3.8) is 0 Å². The van der Waals surface area contributed by atoms with E-state index in [1.165, 1.54) is 6.21 Å². The zero-order chi connectivity index (χ0) is 9.40. The van der Waals surface area contributed by atoms with Crippen LogP contribution in [0, 0.1) is 5.41 Å². The molecule has 68 valence electrons. The normalized spacial score (nSPS) is 9.83. The zero-order valence-electron chi connectivity index (χ0n) is 7.67. The average molecular weight is 168 g/mol. The molecule has 0 spiro atoms. The molecule has 0 aromatic rings. The summed E-state index contributed by atoms with van der Waals surface area (Å²) in [6, 6.07) is 0. The third-order valence-electron chi connectivity index (χ3n) is 1.25. The van der Waals surface area contributed by atoms with Gasteiger partial charge in [-0.1, -0.05) is 6.08 Å². The van der Waals surface area contributed by atoms with Gasteiger partial charge in [-0.3, -0.25) is 5.41 Å². The fourth-order valence-electron chi connectivity index (χ4n) is 0.589. The number of hydrogen-bond donors (Lipinski definition) is 2. The van der Waals surface area contributed by atoms with Crippen molar-refractivity contribution in [2.24, 2.45) is 5.10 Å². The molecule has 0 heterocycles. The summed E-state index contributed by atoms with van der Waals surface area (Å²) in [6.45, 7) is 6.97. The van der Waals surface area contributed by atoms with Crippen molar-refractivity contribution in [1.82, 2.24) is 10.3 Å². The Morgan fingerprint density at radius 3 is 2.92 bits per heavy atom. The van der Waals surface area contributed by atoms with Gasteiger partial charge in [-0.25, -0.2) is 0 Å².